The molecule has 0 spiro atoms. The van der Waals surface area contributed by atoms with Gasteiger partial charge in [0, 0.05) is 13.1 Å². The molecule has 0 saturated carbocycles. The van der Waals surface area contributed by atoms with E-state index >= 15 is 0 Å². The maximum Gasteiger partial charge on any atom is 0.236 e. The molecule has 5 heteroatoms. The summed E-state index contributed by atoms with van der Waals surface area (Å²) in [6, 6.07) is 3.52. The van der Waals surface area contributed by atoms with Crippen molar-refractivity contribution in [1.29, 1.82) is 0 Å². The maximum atomic E-state index is 11.6. The SMILES string of the molecule is CCN(CC)C(=O)CNCc1ccc(CO)o1. The monoisotopic (exact) mass is 240 g/mol. The number of hydrogen-bond acceptors (Lipinski definition) is 4. The van der Waals surface area contributed by atoms with E-state index in [1.54, 1.807) is 17.0 Å². The van der Waals surface area contributed by atoms with Crippen molar-refractivity contribution in [2.45, 2.75) is 27.0 Å². The molecule has 0 atom stereocenters. The number of hydrogen-bond donors (Lipinski definition) is 2. The Bertz CT molecular complexity index is 345. The highest BCUT2D eigenvalue weighted by molar-refractivity contribution is 5.78. The minimum Gasteiger partial charge on any atom is -0.462 e. The van der Waals surface area contributed by atoms with Gasteiger partial charge in [-0.25, -0.2) is 0 Å². The molecule has 0 aliphatic carbocycles. The van der Waals surface area contributed by atoms with Gasteiger partial charge >= 0.3 is 0 Å². The standard InChI is InChI=1S/C12H20N2O3/c1-3-14(4-2)12(16)8-13-7-10-5-6-11(9-15)17-10/h5-6,13,15H,3-4,7-9H2,1-2H3. The van der Waals surface area contributed by atoms with Gasteiger partial charge in [-0.1, -0.05) is 0 Å². The smallest absolute Gasteiger partial charge is 0.236 e. The van der Waals surface area contributed by atoms with E-state index < -0.39 is 0 Å². The molecule has 0 aliphatic heterocycles. The Balaban J connectivity index is 2.29. The number of likely N-dealkylation sites (N-methyl/N-ethyl adjacent to an activating group) is 1. The summed E-state index contributed by atoms with van der Waals surface area (Å²) in [5.41, 5.74) is 0. The molecule has 0 aromatic carbocycles. The molecule has 0 bridgehead atoms. The Hall–Kier alpha value is -1.33. The van der Waals surface area contributed by atoms with Crippen molar-refractivity contribution in [3.8, 4) is 0 Å². The van der Waals surface area contributed by atoms with Crippen LogP contribution in [0.15, 0.2) is 16.5 Å². The van der Waals surface area contributed by atoms with Crippen LogP contribution in [-0.4, -0.2) is 35.5 Å². The van der Waals surface area contributed by atoms with Crippen LogP contribution >= 0.6 is 0 Å². The molecule has 17 heavy (non-hydrogen) atoms. The summed E-state index contributed by atoms with van der Waals surface area (Å²) in [4.78, 5) is 13.4. The quantitative estimate of drug-likeness (QED) is 0.737. The summed E-state index contributed by atoms with van der Waals surface area (Å²) in [5.74, 6) is 1.35. The van der Waals surface area contributed by atoms with Crippen LogP contribution in [0.5, 0.6) is 0 Å². The van der Waals surface area contributed by atoms with Gasteiger partial charge in [-0.3, -0.25) is 4.79 Å². The average Bonchev–Trinajstić information content (AvgIpc) is 2.78. The van der Waals surface area contributed by atoms with E-state index in [4.69, 9.17) is 9.52 Å². The van der Waals surface area contributed by atoms with Crippen molar-refractivity contribution in [2.24, 2.45) is 0 Å². The molecule has 0 aliphatic rings. The van der Waals surface area contributed by atoms with Crippen molar-refractivity contribution in [3.05, 3.63) is 23.7 Å². The Morgan fingerprint density at radius 2 is 2.00 bits per heavy atom. The highest BCUT2D eigenvalue weighted by atomic mass is 16.4. The first kappa shape index (κ1) is 13.7. The van der Waals surface area contributed by atoms with E-state index in [-0.39, 0.29) is 12.5 Å². The van der Waals surface area contributed by atoms with E-state index in [0.717, 1.165) is 18.8 Å². The normalized spacial score (nSPS) is 10.5. The van der Waals surface area contributed by atoms with E-state index in [1.165, 1.54) is 0 Å². The molecule has 0 unspecified atom stereocenters. The molecule has 1 aromatic rings. The predicted octanol–water partition coefficient (Wildman–Crippen LogP) is 0.730. The molecule has 5 nitrogen and oxygen atoms in total. The van der Waals surface area contributed by atoms with Gasteiger partial charge in [0.2, 0.25) is 5.91 Å². The first-order valence-corrected chi connectivity index (χ1v) is 5.88. The number of nitrogens with one attached hydrogen (secondary N) is 1. The van der Waals surface area contributed by atoms with Crippen molar-refractivity contribution in [1.82, 2.24) is 10.2 Å². The summed E-state index contributed by atoms with van der Waals surface area (Å²) in [6.45, 7) is 6.07. The summed E-state index contributed by atoms with van der Waals surface area (Å²) >= 11 is 0. The molecule has 0 saturated heterocycles. The van der Waals surface area contributed by atoms with Gasteiger partial charge < -0.3 is 19.7 Å². The minimum atomic E-state index is -0.0988. The van der Waals surface area contributed by atoms with Gasteiger partial charge in [0.15, 0.2) is 0 Å². The first-order chi connectivity index (χ1) is 8.21. The molecule has 1 heterocycles. The lowest BCUT2D eigenvalue weighted by Gasteiger charge is -2.18. The summed E-state index contributed by atoms with van der Waals surface area (Å²) in [7, 11) is 0. The summed E-state index contributed by atoms with van der Waals surface area (Å²) < 4.78 is 5.29. The molecular formula is C12H20N2O3. The second-order valence-corrected chi connectivity index (χ2v) is 3.70. The third-order valence-corrected chi connectivity index (χ3v) is 2.56. The van der Waals surface area contributed by atoms with Gasteiger partial charge in [0.25, 0.3) is 0 Å². The van der Waals surface area contributed by atoms with Gasteiger partial charge in [0.1, 0.15) is 18.1 Å². The van der Waals surface area contributed by atoms with Crippen LogP contribution in [-0.2, 0) is 17.9 Å². The lowest BCUT2D eigenvalue weighted by Crippen LogP contribution is -2.37. The van der Waals surface area contributed by atoms with Crippen molar-refractivity contribution >= 4 is 5.91 Å². The number of aliphatic hydroxyl groups excluding tert-OH is 1. The number of furan rings is 1. The lowest BCUT2D eigenvalue weighted by molar-refractivity contribution is -0.129. The van der Waals surface area contributed by atoms with Crippen molar-refractivity contribution < 1.29 is 14.3 Å². The maximum absolute atomic E-state index is 11.6. The second kappa shape index (κ2) is 7.09. The molecule has 1 rings (SSSR count). The van der Waals surface area contributed by atoms with Crippen LogP contribution in [0.3, 0.4) is 0 Å². The summed E-state index contributed by atoms with van der Waals surface area (Å²) in [6.07, 6.45) is 0. The lowest BCUT2D eigenvalue weighted by atomic mass is 10.4. The Morgan fingerprint density at radius 1 is 1.35 bits per heavy atom. The fraction of sp³-hybridized carbons (Fsp3) is 0.583. The molecule has 96 valence electrons. The van der Waals surface area contributed by atoms with Crippen molar-refractivity contribution in [3.63, 3.8) is 0 Å². The van der Waals surface area contributed by atoms with Gasteiger partial charge in [-0.05, 0) is 26.0 Å². The predicted molar refractivity (Wildman–Crippen MR) is 64.3 cm³/mol. The second-order valence-electron chi connectivity index (χ2n) is 3.70. The van der Waals surface area contributed by atoms with Gasteiger partial charge in [0.05, 0.1) is 13.1 Å². The largest absolute Gasteiger partial charge is 0.462 e. The zero-order valence-corrected chi connectivity index (χ0v) is 10.4. The third-order valence-electron chi connectivity index (χ3n) is 2.56. The number of aliphatic hydroxyl groups is 1. The number of rotatable bonds is 7. The van der Waals surface area contributed by atoms with Crippen LogP contribution in [0.4, 0.5) is 0 Å². The number of nitrogens with zero attached hydrogens (tertiary/aromatic N) is 1. The topological polar surface area (TPSA) is 65.7 Å². The van der Waals surface area contributed by atoms with E-state index in [1.807, 2.05) is 13.8 Å². The van der Waals surface area contributed by atoms with Crippen LogP contribution in [0.1, 0.15) is 25.4 Å². The van der Waals surface area contributed by atoms with Crippen LogP contribution in [0.2, 0.25) is 0 Å². The Kier molecular flexibility index (Phi) is 5.72. The molecule has 2 N–H and O–H groups in total. The van der Waals surface area contributed by atoms with Gasteiger partial charge in [-0.15, -0.1) is 0 Å². The van der Waals surface area contributed by atoms with Gasteiger partial charge in [-0.2, -0.15) is 0 Å². The van der Waals surface area contributed by atoms with Crippen LogP contribution in [0, 0.1) is 0 Å². The minimum absolute atomic E-state index is 0.0870. The number of amides is 1. The van der Waals surface area contributed by atoms with Crippen molar-refractivity contribution in [2.75, 3.05) is 19.6 Å². The molecule has 0 fully saturated rings. The molecule has 0 radical (unpaired) electrons. The molecule has 1 aromatic heterocycles. The third kappa shape index (κ3) is 4.20. The Labute approximate surface area is 101 Å². The highest BCUT2D eigenvalue weighted by Crippen LogP contribution is 2.06. The van der Waals surface area contributed by atoms with Crippen LogP contribution < -0.4 is 5.32 Å². The van der Waals surface area contributed by atoms with E-state index in [2.05, 4.69) is 5.32 Å². The zero-order valence-electron chi connectivity index (χ0n) is 10.4. The average molecular weight is 240 g/mol. The fourth-order valence-corrected chi connectivity index (χ4v) is 1.58. The number of carbonyl (C=O) groups is 1. The summed E-state index contributed by atoms with van der Waals surface area (Å²) in [5, 5.41) is 11.8. The number of carbonyl (C=O) groups excluding carboxylic acids is 1. The van der Waals surface area contributed by atoms with Crippen LogP contribution in [0.25, 0.3) is 0 Å². The van der Waals surface area contributed by atoms with E-state index in [9.17, 15) is 4.79 Å². The highest BCUT2D eigenvalue weighted by Gasteiger charge is 2.08. The zero-order chi connectivity index (χ0) is 12.7. The van der Waals surface area contributed by atoms with E-state index in [0.29, 0.717) is 18.8 Å². The fourth-order valence-electron chi connectivity index (χ4n) is 1.58. The Morgan fingerprint density at radius 3 is 2.53 bits per heavy atom. The first-order valence-electron chi connectivity index (χ1n) is 5.88. The molecular weight excluding hydrogens is 220 g/mol. The molecule has 1 amide bonds.